The van der Waals surface area contributed by atoms with Crippen molar-refractivity contribution in [3.05, 3.63) is 12.7 Å². The van der Waals surface area contributed by atoms with Gasteiger partial charge in [-0.15, -0.1) is 0 Å². The SMILES string of the molecule is C=CC(=O)OC(CCCC)COCCOCCO. The lowest BCUT2D eigenvalue weighted by molar-refractivity contribution is -0.146. The van der Waals surface area contributed by atoms with Crippen LogP contribution in [0.1, 0.15) is 26.2 Å². The molecule has 1 N–H and O–H groups in total. The fraction of sp³-hybridized carbons (Fsp3) is 0.769. The molecule has 1 unspecified atom stereocenters. The fourth-order valence-electron chi connectivity index (χ4n) is 1.32. The summed E-state index contributed by atoms with van der Waals surface area (Å²) >= 11 is 0. The van der Waals surface area contributed by atoms with Crippen molar-refractivity contribution in [3.63, 3.8) is 0 Å². The van der Waals surface area contributed by atoms with E-state index in [0.29, 0.717) is 26.4 Å². The third kappa shape index (κ3) is 10.3. The molecule has 0 aliphatic rings. The Morgan fingerprint density at radius 2 is 2.06 bits per heavy atom. The van der Waals surface area contributed by atoms with Gasteiger partial charge in [-0.1, -0.05) is 19.9 Å². The van der Waals surface area contributed by atoms with Crippen LogP contribution in [-0.4, -0.2) is 50.2 Å². The molecule has 0 amide bonds. The van der Waals surface area contributed by atoms with E-state index in [1.807, 2.05) is 0 Å². The average molecular weight is 260 g/mol. The molecule has 0 bridgehead atoms. The van der Waals surface area contributed by atoms with Gasteiger partial charge >= 0.3 is 5.97 Å². The number of ether oxygens (including phenoxy) is 3. The Morgan fingerprint density at radius 1 is 1.33 bits per heavy atom. The largest absolute Gasteiger partial charge is 0.457 e. The number of hydrogen-bond acceptors (Lipinski definition) is 5. The van der Waals surface area contributed by atoms with Gasteiger partial charge in [0.25, 0.3) is 0 Å². The number of hydrogen-bond donors (Lipinski definition) is 1. The molecule has 0 fully saturated rings. The molecule has 0 spiro atoms. The molecule has 106 valence electrons. The Morgan fingerprint density at radius 3 is 2.67 bits per heavy atom. The molecule has 0 heterocycles. The predicted octanol–water partition coefficient (Wildman–Crippen LogP) is 1.30. The van der Waals surface area contributed by atoms with E-state index in [9.17, 15) is 4.79 Å². The Kier molecular flexibility index (Phi) is 11.9. The number of unbranched alkanes of at least 4 members (excludes halogenated alkanes) is 1. The van der Waals surface area contributed by atoms with Gasteiger partial charge in [0, 0.05) is 6.08 Å². The lowest BCUT2D eigenvalue weighted by Crippen LogP contribution is -2.24. The van der Waals surface area contributed by atoms with Crippen LogP contribution in [0.15, 0.2) is 12.7 Å². The molecule has 0 saturated heterocycles. The average Bonchev–Trinajstić information content (AvgIpc) is 2.39. The zero-order valence-electron chi connectivity index (χ0n) is 11.1. The Bertz CT molecular complexity index is 217. The second kappa shape index (κ2) is 12.5. The predicted molar refractivity (Wildman–Crippen MR) is 68.3 cm³/mol. The highest BCUT2D eigenvalue weighted by molar-refractivity contribution is 5.81. The Hall–Kier alpha value is -0.910. The van der Waals surface area contributed by atoms with E-state index in [4.69, 9.17) is 19.3 Å². The summed E-state index contributed by atoms with van der Waals surface area (Å²) in [7, 11) is 0. The van der Waals surface area contributed by atoms with E-state index in [-0.39, 0.29) is 12.7 Å². The minimum Gasteiger partial charge on any atom is -0.457 e. The van der Waals surface area contributed by atoms with Gasteiger partial charge in [0.2, 0.25) is 0 Å². The first-order valence-electron chi connectivity index (χ1n) is 6.34. The van der Waals surface area contributed by atoms with Crippen LogP contribution >= 0.6 is 0 Å². The van der Waals surface area contributed by atoms with Crippen molar-refractivity contribution in [3.8, 4) is 0 Å². The van der Waals surface area contributed by atoms with Crippen LogP contribution in [0.2, 0.25) is 0 Å². The van der Waals surface area contributed by atoms with Crippen LogP contribution in [-0.2, 0) is 19.0 Å². The third-order valence-electron chi connectivity index (χ3n) is 2.24. The van der Waals surface area contributed by atoms with Gasteiger partial charge < -0.3 is 19.3 Å². The van der Waals surface area contributed by atoms with Crippen LogP contribution in [0.4, 0.5) is 0 Å². The maximum absolute atomic E-state index is 11.1. The van der Waals surface area contributed by atoms with Gasteiger partial charge in [0.1, 0.15) is 6.10 Å². The summed E-state index contributed by atoms with van der Waals surface area (Å²) in [6, 6.07) is 0. The molecule has 5 heteroatoms. The molecule has 0 aliphatic heterocycles. The van der Waals surface area contributed by atoms with Gasteiger partial charge in [-0.3, -0.25) is 0 Å². The highest BCUT2D eigenvalue weighted by Gasteiger charge is 2.12. The first-order chi connectivity index (χ1) is 8.74. The topological polar surface area (TPSA) is 65.0 Å². The molecule has 18 heavy (non-hydrogen) atoms. The normalized spacial score (nSPS) is 12.1. The van der Waals surface area contributed by atoms with Gasteiger partial charge in [0.15, 0.2) is 0 Å². The van der Waals surface area contributed by atoms with Gasteiger partial charge in [-0.25, -0.2) is 4.79 Å². The molecule has 5 nitrogen and oxygen atoms in total. The molecule has 0 aromatic heterocycles. The zero-order chi connectivity index (χ0) is 13.6. The summed E-state index contributed by atoms with van der Waals surface area (Å²) < 4.78 is 15.6. The molecule has 1 atom stereocenters. The van der Waals surface area contributed by atoms with E-state index >= 15 is 0 Å². The maximum atomic E-state index is 11.1. The van der Waals surface area contributed by atoms with E-state index in [2.05, 4.69) is 13.5 Å². The highest BCUT2D eigenvalue weighted by Crippen LogP contribution is 2.06. The van der Waals surface area contributed by atoms with Crippen molar-refractivity contribution in [2.75, 3.05) is 33.0 Å². The minimum absolute atomic E-state index is 0.00999. The molecule has 0 aromatic carbocycles. The monoisotopic (exact) mass is 260 g/mol. The lowest BCUT2D eigenvalue weighted by Gasteiger charge is -2.16. The van der Waals surface area contributed by atoms with Crippen molar-refractivity contribution in [1.29, 1.82) is 0 Å². The van der Waals surface area contributed by atoms with Crippen molar-refractivity contribution >= 4 is 5.97 Å². The van der Waals surface area contributed by atoms with E-state index in [1.54, 1.807) is 0 Å². The molecule has 0 aromatic rings. The van der Waals surface area contributed by atoms with Crippen LogP contribution in [0, 0.1) is 0 Å². The second-order valence-electron chi connectivity index (χ2n) is 3.82. The standard InChI is InChI=1S/C13H24O5/c1-3-5-6-12(18-13(15)4-2)11-17-10-9-16-8-7-14/h4,12,14H,2-3,5-11H2,1H3. The molecular formula is C13H24O5. The minimum atomic E-state index is -0.420. The van der Waals surface area contributed by atoms with Crippen LogP contribution in [0.3, 0.4) is 0 Å². The van der Waals surface area contributed by atoms with Gasteiger partial charge in [-0.2, -0.15) is 0 Å². The van der Waals surface area contributed by atoms with Crippen LogP contribution < -0.4 is 0 Å². The maximum Gasteiger partial charge on any atom is 0.330 e. The molecule has 0 rings (SSSR count). The van der Waals surface area contributed by atoms with Gasteiger partial charge in [0.05, 0.1) is 33.0 Å². The number of carbonyl (C=O) groups excluding carboxylic acids is 1. The van der Waals surface area contributed by atoms with Crippen molar-refractivity contribution in [2.45, 2.75) is 32.3 Å². The highest BCUT2D eigenvalue weighted by atomic mass is 16.6. The summed E-state index contributed by atoms with van der Waals surface area (Å²) in [6.45, 7) is 6.98. The van der Waals surface area contributed by atoms with Gasteiger partial charge in [-0.05, 0) is 12.8 Å². The van der Waals surface area contributed by atoms with Crippen LogP contribution in [0.25, 0.3) is 0 Å². The summed E-state index contributed by atoms with van der Waals surface area (Å²) in [5.41, 5.74) is 0. The van der Waals surface area contributed by atoms with Crippen molar-refractivity contribution in [1.82, 2.24) is 0 Å². The number of aliphatic hydroxyl groups excluding tert-OH is 1. The number of aliphatic hydroxyl groups is 1. The zero-order valence-corrected chi connectivity index (χ0v) is 11.1. The first kappa shape index (κ1) is 17.1. The Balaban J connectivity index is 3.71. The quantitative estimate of drug-likeness (QED) is 0.325. The number of esters is 1. The summed E-state index contributed by atoms with van der Waals surface area (Å²) in [4.78, 5) is 11.1. The smallest absolute Gasteiger partial charge is 0.330 e. The van der Waals surface area contributed by atoms with E-state index < -0.39 is 5.97 Å². The molecule has 0 radical (unpaired) electrons. The number of carbonyl (C=O) groups is 1. The molecular weight excluding hydrogens is 236 g/mol. The second-order valence-corrected chi connectivity index (χ2v) is 3.82. The summed E-state index contributed by atoms with van der Waals surface area (Å²) in [5, 5.41) is 8.50. The molecule has 0 aliphatic carbocycles. The van der Waals surface area contributed by atoms with Crippen molar-refractivity contribution < 1.29 is 24.1 Å². The molecule has 0 saturated carbocycles. The summed E-state index contributed by atoms with van der Waals surface area (Å²) in [6.07, 6.45) is 3.74. The Labute approximate surface area is 109 Å². The van der Waals surface area contributed by atoms with Crippen LogP contribution in [0.5, 0.6) is 0 Å². The number of rotatable bonds is 12. The van der Waals surface area contributed by atoms with E-state index in [1.165, 1.54) is 0 Å². The fourth-order valence-corrected chi connectivity index (χ4v) is 1.32. The first-order valence-corrected chi connectivity index (χ1v) is 6.34. The van der Waals surface area contributed by atoms with E-state index in [0.717, 1.165) is 25.3 Å². The van der Waals surface area contributed by atoms with Crippen molar-refractivity contribution in [2.24, 2.45) is 0 Å². The third-order valence-corrected chi connectivity index (χ3v) is 2.24. The summed E-state index contributed by atoms with van der Waals surface area (Å²) in [5.74, 6) is -0.420. The lowest BCUT2D eigenvalue weighted by atomic mass is 10.2.